The number of rotatable bonds is 4. The number of benzene rings is 2. The smallest absolute Gasteiger partial charge is 0.270 e. The van der Waals surface area contributed by atoms with Crippen molar-refractivity contribution in [2.75, 3.05) is 5.32 Å². The molecule has 0 saturated heterocycles. The number of nitrogens with one attached hydrogen (secondary N) is 1. The summed E-state index contributed by atoms with van der Waals surface area (Å²) in [6.07, 6.45) is 0. The van der Waals surface area contributed by atoms with E-state index in [0.717, 1.165) is 18.2 Å². The highest BCUT2D eigenvalue weighted by atomic mass is 35.5. The van der Waals surface area contributed by atoms with Crippen LogP contribution in [0, 0.1) is 17.5 Å². The maximum absolute atomic E-state index is 13.9. The normalized spacial score (nSPS) is 10.9. The number of aromatic nitrogens is 2. The Kier molecular flexibility index (Phi) is 5.08. The summed E-state index contributed by atoms with van der Waals surface area (Å²) in [4.78, 5) is 17.0. The van der Waals surface area contributed by atoms with Gasteiger partial charge in [-0.25, -0.2) is 13.2 Å². The summed E-state index contributed by atoms with van der Waals surface area (Å²) in [6, 6.07) is 8.44. The van der Waals surface area contributed by atoms with E-state index in [1.54, 1.807) is 11.4 Å². The third-order valence-corrected chi connectivity index (χ3v) is 5.02. The van der Waals surface area contributed by atoms with Crippen LogP contribution in [0.3, 0.4) is 0 Å². The Balaban J connectivity index is 1.61. The van der Waals surface area contributed by atoms with E-state index in [0.29, 0.717) is 10.6 Å². The molecule has 10 heteroatoms. The molecule has 4 rings (SSSR count). The van der Waals surface area contributed by atoms with Crippen LogP contribution < -0.4 is 5.32 Å². The molecule has 5 nitrogen and oxygen atoms in total. The van der Waals surface area contributed by atoms with Crippen LogP contribution in [0.5, 0.6) is 0 Å². The Hall–Kier alpha value is -3.17. The van der Waals surface area contributed by atoms with Crippen LogP contribution in [0.1, 0.15) is 10.4 Å². The molecule has 2 aromatic carbocycles. The summed E-state index contributed by atoms with van der Waals surface area (Å²) in [7, 11) is 0. The molecular formula is C19H9ClF3N3O2S. The lowest BCUT2D eigenvalue weighted by atomic mass is 10.2. The number of carbonyl (C=O) groups is 1. The van der Waals surface area contributed by atoms with Gasteiger partial charge in [-0.3, -0.25) is 4.79 Å². The zero-order valence-electron chi connectivity index (χ0n) is 14.2. The van der Waals surface area contributed by atoms with Crippen molar-refractivity contribution in [1.29, 1.82) is 0 Å². The zero-order chi connectivity index (χ0) is 20.5. The van der Waals surface area contributed by atoms with Gasteiger partial charge in [0.15, 0.2) is 11.6 Å². The van der Waals surface area contributed by atoms with E-state index in [9.17, 15) is 18.0 Å². The fraction of sp³-hybridized carbons (Fsp3) is 0. The monoisotopic (exact) mass is 435 g/mol. The van der Waals surface area contributed by atoms with Crippen LogP contribution in [0.4, 0.5) is 18.9 Å². The molecule has 2 heterocycles. The topological polar surface area (TPSA) is 68.0 Å². The molecule has 1 N–H and O–H groups in total. The van der Waals surface area contributed by atoms with Gasteiger partial charge < -0.3 is 9.84 Å². The van der Waals surface area contributed by atoms with Crippen LogP contribution in [-0.2, 0) is 0 Å². The minimum absolute atomic E-state index is 0.0467. The summed E-state index contributed by atoms with van der Waals surface area (Å²) in [5, 5.41) is 8.22. The third-order valence-electron chi connectivity index (χ3n) is 3.88. The fourth-order valence-corrected chi connectivity index (χ4v) is 3.44. The van der Waals surface area contributed by atoms with Gasteiger partial charge in [-0.1, -0.05) is 16.8 Å². The second-order valence-electron chi connectivity index (χ2n) is 5.79. The lowest BCUT2D eigenvalue weighted by molar-refractivity contribution is 0.102. The molecule has 29 heavy (non-hydrogen) atoms. The zero-order valence-corrected chi connectivity index (χ0v) is 15.8. The molecule has 0 fully saturated rings. The molecule has 0 radical (unpaired) electrons. The van der Waals surface area contributed by atoms with Crippen molar-refractivity contribution in [3.8, 4) is 22.2 Å². The Morgan fingerprint density at radius 2 is 1.83 bits per heavy atom. The Bertz CT molecular complexity index is 1230. The van der Waals surface area contributed by atoms with E-state index in [2.05, 4.69) is 15.5 Å². The van der Waals surface area contributed by atoms with Gasteiger partial charge >= 0.3 is 0 Å². The van der Waals surface area contributed by atoms with Crippen LogP contribution in [0.25, 0.3) is 22.2 Å². The van der Waals surface area contributed by atoms with E-state index in [-0.39, 0.29) is 27.9 Å². The second kappa shape index (κ2) is 7.69. The number of thiophene rings is 1. The first-order chi connectivity index (χ1) is 13.9. The molecule has 0 aliphatic carbocycles. The van der Waals surface area contributed by atoms with Crippen LogP contribution >= 0.6 is 22.9 Å². The van der Waals surface area contributed by atoms with E-state index < -0.39 is 23.4 Å². The molecule has 0 spiro atoms. The summed E-state index contributed by atoms with van der Waals surface area (Å²) in [5.74, 6) is -3.35. The predicted octanol–water partition coefficient (Wildman–Crippen LogP) is 5.79. The van der Waals surface area contributed by atoms with Crippen LogP contribution in [-0.4, -0.2) is 16.0 Å². The van der Waals surface area contributed by atoms with E-state index in [1.165, 1.54) is 29.5 Å². The maximum atomic E-state index is 13.9. The van der Waals surface area contributed by atoms with Gasteiger partial charge in [-0.15, -0.1) is 11.3 Å². The SMILES string of the molecule is O=C(Nc1ccsc1-c1nc(-c2ccc(F)c(F)c2)no1)c1cc(Cl)ccc1F. The molecule has 0 aliphatic rings. The average Bonchev–Trinajstić information content (AvgIpc) is 3.35. The van der Waals surface area contributed by atoms with Crippen molar-refractivity contribution in [1.82, 2.24) is 10.1 Å². The minimum Gasteiger partial charge on any atom is -0.333 e. The van der Waals surface area contributed by atoms with Gasteiger partial charge in [0.05, 0.1) is 11.3 Å². The molecule has 0 unspecified atom stereocenters. The number of halogens is 4. The highest BCUT2D eigenvalue weighted by Gasteiger charge is 2.20. The van der Waals surface area contributed by atoms with Crippen molar-refractivity contribution in [3.05, 3.63) is 75.9 Å². The highest BCUT2D eigenvalue weighted by molar-refractivity contribution is 7.14. The summed E-state index contributed by atoms with van der Waals surface area (Å²) >= 11 is 7.02. The van der Waals surface area contributed by atoms with Gasteiger partial charge in [0, 0.05) is 10.6 Å². The molecule has 0 saturated carbocycles. The number of nitrogens with zero attached hydrogens (tertiary/aromatic N) is 2. The molecule has 0 atom stereocenters. The number of amides is 1. The Morgan fingerprint density at radius 3 is 2.62 bits per heavy atom. The Labute approximate surface area is 170 Å². The quantitative estimate of drug-likeness (QED) is 0.440. The average molecular weight is 436 g/mol. The molecule has 1 amide bonds. The molecule has 146 valence electrons. The van der Waals surface area contributed by atoms with Crippen molar-refractivity contribution in [3.63, 3.8) is 0 Å². The molecule has 4 aromatic rings. The van der Waals surface area contributed by atoms with Gasteiger partial charge in [-0.05, 0) is 47.8 Å². The van der Waals surface area contributed by atoms with Crippen LogP contribution in [0.15, 0.2) is 52.4 Å². The molecule has 2 aromatic heterocycles. The van der Waals surface area contributed by atoms with E-state index >= 15 is 0 Å². The molecule has 0 aliphatic heterocycles. The first-order valence-electron chi connectivity index (χ1n) is 8.06. The fourth-order valence-electron chi connectivity index (χ4n) is 2.50. The first kappa shape index (κ1) is 19.2. The number of hydrogen-bond acceptors (Lipinski definition) is 5. The highest BCUT2D eigenvalue weighted by Crippen LogP contribution is 2.34. The maximum Gasteiger partial charge on any atom is 0.270 e. The minimum atomic E-state index is -1.04. The number of hydrogen-bond donors (Lipinski definition) is 1. The lowest BCUT2D eigenvalue weighted by Gasteiger charge is -2.06. The summed E-state index contributed by atoms with van der Waals surface area (Å²) in [6.45, 7) is 0. The number of carbonyl (C=O) groups excluding carboxylic acids is 1. The standard InChI is InChI=1S/C19H9ClF3N3O2S/c20-10-2-4-12(21)11(8-10)18(27)24-15-5-6-29-16(15)19-25-17(26-28-19)9-1-3-13(22)14(23)7-9/h1-8H,(H,24,27). The molecule has 0 bridgehead atoms. The van der Waals surface area contributed by atoms with Crippen molar-refractivity contribution in [2.45, 2.75) is 0 Å². The van der Waals surface area contributed by atoms with Crippen molar-refractivity contribution in [2.24, 2.45) is 0 Å². The first-order valence-corrected chi connectivity index (χ1v) is 9.31. The van der Waals surface area contributed by atoms with Gasteiger partial charge in [-0.2, -0.15) is 4.98 Å². The largest absolute Gasteiger partial charge is 0.333 e. The van der Waals surface area contributed by atoms with Gasteiger partial charge in [0.2, 0.25) is 5.82 Å². The molecular weight excluding hydrogens is 427 g/mol. The number of anilines is 1. The van der Waals surface area contributed by atoms with Crippen molar-refractivity contribution >= 4 is 34.5 Å². The summed E-state index contributed by atoms with van der Waals surface area (Å²) in [5.41, 5.74) is 0.324. The van der Waals surface area contributed by atoms with E-state index in [1.807, 2.05) is 0 Å². The second-order valence-corrected chi connectivity index (χ2v) is 7.15. The van der Waals surface area contributed by atoms with Gasteiger partial charge in [0.1, 0.15) is 10.7 Å². The third kappa shape index (κ3) is 3.87. The van der Waals surface area contributed by atoms with E-state index in [4.69, 9.17) is 16.1 Å². The lowest BCUT2D eigenvalue weighted by Crippen LogP contribution is -2.13. The summed E-state index contributed by atoms with van der Waals surface area (Å²) < 4.78 is 45.6. The predicted molar refractivity (Wildman–Crippen MR) is 102 cm³/mol. The van der Waals surface area contributed by atoms with Gasteiger partial charge in [0.25, 0.3) is 11.8 Å². The Morgan fingerprint density at radius 1 is 1.03 bits per heavy atom. The van der Waals surface area contributed by atoms with Crippen molar-refractivity contribution < 1.29 is 22.5 Å². The van der Waals surface area contributed by atoms with Crippen LogP contribution in [0.2, 0.25) is 5.02 Å².